The largest absolute Gasteiger partial charge is 0.530 e. The Bertz CT molecular complexity index is 259. The molecule has 0 aliphatic carbocycles. The van der Waals surface area contributed by atoms with E-state index in [-0.39, 0.29) is 42.6 Å². The predicted octanol–water partition coefficient (Wildman–Crippen LogP) is 1.96. The van der Waals surface area contributed by atoms with Crippen LogP contribution in [0.3, 0.4) is 0 Å². The molecule has 0 aromatic carbocycles. The van der Waals surface area contributed by atoms with E-state index in [0.717, 1.165) is 0 Å². The molecule has 2 nitrogen and oxygen atoms in total. The number of hydrogen-bond donors (Lipinski definition) is 1. The fraction of sp³-hybridized carbons (Fsp3) is 0.250. The van der Waals surface area contributed by atoms with Crippen LogP contribution in [-0.2, 0) is 4.74 Å². The molecule has 0 radical (unpaired) electrons. The van der Waals surface area contributed by atoms with Crippen LogP contribution in [0.4, 0.5) is 4.39 Å². The first-order valence-electron chi connectivity index (χ1n) is 3.34. The van der Waals surface area contributed by atoms with Crippen molar-refractivity contribution in [3.8, 4) is 0 Å². The van der Waals surface area contributed by atoms with Crippen LogP contribution in [0.25, 0.3) is 5.76 Å². The van der Waals surface area contributed by atoms with Crippen molar-refractivity contribution in [3.05, 3.63) is 30.4 Å². The molecule has 0 bridgehead atoms. The van der Waals surface area contributed by atoms with E-state index in [4.69, 9.17) is 11.3 Å². The summed E-state index contributed by atoms with van der Waals surface area (Å²) in [4.78, 5) is 2.63. The van der Waals surface area contributed by atoms with Crippen molar-refractivity contribution in [2.45, 2.75) is 6.92 Å². The van der Waals surface area contributed by atoms with E-state index in [9.17, 15) is 4.39 Å². The summed E-state index contributed by atoms with van der Waals surface area (Å²) in [5.74, 6) is -0.300. The number of rotatable bonds is 3. The molecule has 0 saturated carbocycles. The zero-order valence-corrected chi connectivity index (χ0v) is 10.9. The minimum absolute atomic E-state index is 0. The van der Waals surface area contributed by atoms with Crippen LogP contribution in [0.1, 0.15) is 12.6 Å². The van der Waals surface area contributed by atoms with Crippen LogP contribution in [0.5, 0.6) is 0 Å². The van der Waals surface area contributed by atoms with Gasteiger partial charge in [0.1, 0.15) is 0 Å². The Kier molecular flexibility index (Phi) is 5.36. The van der Waals surface area contributed by atoms with Gasteiger partial charge < -0.3 is 9.72 Å². The molecule has 1 heterocycles. The van der Waals surface area contributed by atoms with Crippen molar-refractivity contribution in [3.63, 3.8) is 0 Å². The Balaban J connectivity index is 0.00000121. The average molecular weight is 392 g/mol. The normalized spacial score (nSPS) is 8.83. The predicted molar refractivity (Wildman–Crippen MR) is 40.1 cm³/mol. The van der Waals surface area contributed by atoms with E-state index < -0.39 is 5.82 Å². The van der Waals surface area contributed by atoms with Gasteiger partial charge in [-0.2, -0.15) is 0 Å². The Hall–Kier alpha value is -0.198. The fourth-order valence-corrected chi connectivity index (χ4v) is 0.767. The first-order valence-corrected chi connectivity index (χ1v) is 3.34. The number of ether oxygens (including phenoxy) is 1. The number of nitrogens with one attached hydrogen (secondary N) is 1. The monoisotopic (exact) mass is 392 g/mol. The molecule has 12 heavy (non-hydrogen) atoms. The van der Waals surface area contributed by atoms with E-state index in [1.165, 1.54) is 12.3 Å². The van der Waals surface area contributed by atoms with E-state index in [2.05, 4.69) is 4.98 Å². The summed E-state index contributed by atoms with van der Waals surface area (Å²) in [6, 6.07) is 1.29. The third kappa shape index (κ3) is 2.69. The van der Waals surface area contributed by atoms with Gasteiger partial charge in [0.05, 0.1) is 12.4 Å². The molecule has 0 amide bonds. The molecule has 0 atom stereocenters. The minimum atomic E-state index is -0.393. The third-order valence-corrected chi connectivity index (χ3v) is 1.24. The molecule has 1 N–H and O–H groups in total. The summed E-state index contributed by atoms with van der Waals surface area (Å²) >= 11 is 0. The number of halogens is 1. The summed E-state index contributed by atoms with van der Waals surface area (Å²) in [6.07, 6.45) is 1.47. The maximum Gasteiger partial charge on any atom is 0.0808 e. The molecule has 1 aromatic heterocycles. The molecule has 1 rings (SSSR count). The number of aromatic amines is 1. The van der Waals surface area contributed by atoms with Crippen molar-refractivity contribution in [1.82, 2.24) is 4.98 Å². The summed E-state index contributed by atoms with van der Waals surface area (Å²) in [5, 5.41) is 0. The Morgan fingerprint density at radius 1 is 1.75 bits per heavy atom. The van der Waals surface area contributed by atoms with Crippen LogP contribution in [0.2, 0.25) is 0 Å². The second-order valence-electron chi connectivity index (χ2n) is 2.00. The van der Waals surface area contributed by atoms with Crippen molar-refractivity contribution >= 4 is 5.76 Å². The topological polar surface area (TPSA) is 25.0 Å². The van der Waals surface area contributed by atoms with Gasteiger partial charge in [0, 0.05) is 31.1 Å². The van der Waals surface area contributed by atoms with Crippen molar-refractivity contribution in [2.75, 3.05) is 6.61 Å². The molecule has 4 heteroatoms. The second kappa shape index (κ2) is 5.45. The fourth-order valence-electron chi connectivity index (χ4n) is 0.767. The standard InChI is InChI=1S/C8H9FNO.U/c1-3-11-6(2)8-7(9)4-5-10-8;/h2,4-5,10H,3H2,1H3;/q-1;. The van der Waals surface area contributed by atoms with E-state index in [1.807, 2.05) is 0 Å². The van der Waals surface area contributed by atoms with E-state index in [1.54, 1.807) is 6.92 Å². The van der Waals surface area contributed by atoms with Crippen LogP contribution in [0.15, 0.2) is 12.3 Å². The summed E-state index contributed by atoms with van der Waals surface area (Å²) in [7, 11) is 0. The summed E-state index contributed by atoms with van der Waals surface area (Å²) in [5.41, 5.74) is 0.215. The van der Waals surface area contributed by atoms with Gasteiger partial charge in [0.25, 0.3) is 0 Å². The maximum absolute atomic E-state index is 12.7. The van der Waals surface area contributed by atoms with Gasteiger partial charge in [-0.25, -0.2) is 11.0 Å². The number of H-pyrrole nitrogens is 1. The quantitative estimate of drug-likeness (QED) is 0.618. The molecular formula is C8H9FNOU-. The van der Waals surface area contributed by atoms with Crippen LogP contribution >= 0.6 is 0 Å². The smallest absolute Gasteiger partial charge is 0.0808 e. The van der Waals surface area contributed by atoms with E-state index in [0.29, 0.717) is 6.61 Å². The molecule has 0 saturated heterocycles. The van der Waals surface area contributed by atoms with Crippen molar-refractivity contribution < 1.29 is 40.2 Å². The van der Waals surface area contributed by atoms with Gasteiger partial charge in [-0.05, 0) is 30.6 Å². The zero-order valence-electron chi connectivity index (χ0n) is 6.73. The van der Waals surface area contributed by atoms with Gasteiger partial charge in [0.2, 0.25) is 0 Å². The Morgan fingerprint density at radius 2 is 2.42 bits per heavy atom. The Morgan fingerprint density at radius 3 is 2.83 bits per heavy atom. The maximum atomic E-state index is 12.7. The van der Waals surface area contributed by atoms with Crippen LogP contribution < -0.4 is 0 Å². The minimum Gasteiger partial charge on any atom is -0.530 e. The van der Waals surface area contributed by atoms with Crippen molar-refractivity contribution in [1.29, 1.82) is 0 Å². The molecule has 1 aromatic rings. The molecule has 0 unspecified atom stereocenters. The number of aromatic nitrogens is 1. The molecular weight excluding hydrogens is 383 g/mol. The van der Waals surface area contributed by atoms with Crippen molar-refractivity contribution in [2.24, 2.45) is 0 Å². The van der Waals surface area contributed by atoms with E-state index >= 15 is 0 Å². The summed E-state index contributed by atoms with van der Waals surface area (Å²) in [6.45, 7) is 7.59. The number of hydrogen-bond acceptors (Lipinski definition) is 1. The second-order valence-corrected chi connectivity index (χ2v) is 2.00. The van der Waals surface area contributed by atoms with Gasteiger partial charge >= 0.3 is 0 Å². The first kappa shape index (κ1) is 11.8. The van der Waals surface area contributed by atoms with Gasteiger partial charge in [-0.15, -0.1) is 0 Å². The Labute approximate surface area is 94.6 Å². The van der Waals surface area contributed by atoms with Crippen LogP contribution in [0, 0.1) is 43.5 Å². The van der Waals surface area contributed by atoms with Gasteiger partial charge in [-0.1, -0.05) is 0 Å². The molecule has 64 valence electrons. The summed E-state index contributed by atoms with van der Waals surface area (Å²) < 4.78 is 17.6. The first-order chi connectivity index (χ1) is 5.25. The zero-order chi connectivity index (χ0) is 8.27. The molecule has 0 aliphatic heterocycles. The van der Waals surface area contributed by atoms with Gasteiger partial charge in [0.15, 0.2) is 0 Å². The SMILES string of the molecule is [CH-]=C(OCC)c1[nH]ccc1F.[U]. The molecule has 0 spiro atoms. The van der Waals surface area contributed by atoms with Gasteiger partial charge in [-0.3, -0.25) is 0 Å². The third-order valence-electron chi connectivity index (χ3n) is 1.24. The molecule has 0 fully saturated rings. The molecule has 0 aliphatic rings. The average Bonchev–Trinajstić information content (AvgIpc) is 2.36. The van der Waals surface area contributed by atoms with Crippen LogP contribution in [-0.4, -0.2) is 11.6 Å².